The molecule has 0 spiro atoms. The summed E-state index contributed by atoms with van der Waals surface area (Å²) in [5.41, 5.74) is 11.1. The molecule has 0 saturated heterocycles. The predicted molar refractivity (Wildman–Crippen MR) is 41.1 cm³/mol. The third-order valence-electron chi connectivity index (χ3n) is 1.82. The van der Waals surface area contributed by atoms with E-state index in [-0.39, 0.29) is 0 Å². The van der Waals surface area contributed by atoms with Crippen molar-refractivity contribution in [2.24, 2.45) is 17.4 Å². The summed E-state index contributed by atoms with van der Waals surface area (Å²) in [5, 5.41) is 0. The van der Waals surface area contributed by atoms with Gasteiger partial charge in [-0.3, -0.25) is 0 Å². The standard InChI is InChI=1S/C7H18N2/c1-3-7(9)6(2)4-5-8/h6-7H,3-5,8-9H2,1-2H3. The van der Waals surface area contributed by atoms with Crippen LogP contribution in [0.5, 0.6) is 0 Å². The van der Waals surface area contributed by atoms with Crippen LogP contribution in [0.4, 0.5) is 0 Å². The van der Waals surface area contributed by atoms with E-state index in [0.717, 1.165) is 19.4 Å². The van der Waals surface area contributed by atoms with Crippen molar-refractivity contribution in [2.75, 3.05) is 6.54 Å². The van der Waals surface area contributed by atoms with E-state index in [4.69, 9.17) is 11.5 Å². The van der Waals surface area contributed by atoms with Gasteiger partial charge in [-0.15, -0.1) is 0 Å². The van der Waals surface area contributed by atoms with Crippen molar-refractivity contribution in [1.29, 1.82) is 0 Å². The zero-order chi connectivity index (χ0) is 7.28. The Morgan fingerprint density at radius 3 is 2.33 bits per heavy atom. The molecule has 0 aromatic rings. The maximum Gasteiger partial charge on any atom is 0.00623 e. The SMILES string of the molecule is CCC(N)C(C)CCN. The lowest BCUT2D eigenvalue weighted by Crippen LogP contribution is -2.28. The molecule has 0 fully saturated rings. The second-order valence-corrected chi connectivity index (χ2v) is 2.63. The van der Waals surface area contributed by atoms with Crippen molar-refractivity contribution < 1.29 is 0 Å². The average Bonchev–Trinajstić information content (AvgIpc) is 1.87. The van der Waals surface area contributed by atoms with Crippen LogP contribution in [-0.2, 0) is 0 Å². The third kappa shape index (κ3) is 3.49. The Kier molecular flexibility index (Phi) is 4.72. The average molecular weight is 130 g/mol. The van der Waals surface area contributed by atoms with Crippen molar-refractivity contribution in [3.8, 4) is 0 Å². The Bertz CT molecular complexity index is 63.9. The van der Waals surface area contributed by atoms with Gasteiger partial charge in [-0.1, -0.05) is 13.8 Å². The molecule has 9 heavy (non-hydrogen) atoms. The number of hydrogen-bond donors (Lipinski definition) is 2. The summed E-state index contributed by atoms with van der Waals surface area (Å²) in [6, 6.07) is 0.341. The van der Waals surface area contributed by atoms with Crippen molar-refractivity contribution in [2.45, 2.75) is 32.7 Å². The monoisotopic (exact) mass is 130 g/mol. The molecule has 0 rings (SSSR count). The molecule has 0 heterocycles. The highest BCUT2D eigenvalue weighted by Gasteiger charge is 2.07. The van der Waals surface area contributed by atoms with Gasteiger partial charge in [-0.05, 0) is 25.3 Å². The van der Waals surface area contributed by atoms with Gasteiger partial charge in [-0.25, -0.2) is 0 Å². The first-order valence-corrected chi connectivity index (χ1v) is 3.68. The van der Waals surface area contributed by atoms with Crippen LogP contribution in [0.15, 0.2) is 0 Å². The Labute approximate surface area is 57.6 Å². The van der Waals surface area contributed by atoms with E-state index >= 15 is 0 Å². The largest absolute Gasteiger partial charge is 0.330 e. The first-order valence-electron chi connectivity index (χ1n) is 3.68. The maximum atomic E-state index is 5.75. The molecule has 0 aromatic carbocycles. The van der Waals surface area contributed by atoms with E-state index < -0.39 is 0 Å². The number of hydrogen-bond acceptors (Lipinski definition) is 2. The lowest BCUT2D eigenvalue weighted by molar-refractivity contribution is 0.422. The normalized spacial score (nSPS) is 17.3. The smallest absolute Gasteiger partial charge is 0.00623 e. The molecule has 2 atom stereocenters. The Morgan fingerprint density at radius 1 is 1.44 bits per heavy atom. The first-order chi connectivity index (χ1) is 4.22. The minimum Gasteiger partial charge on any atom is -0.330 e. The highest BCUT2D eigenvalue weighted by Crippen LogP contribution is 2.06. The van der Waals surface area contributed by atoms with Crippen LogP contribution >= 0.6 is 0 Å². The third-order valence-corrected chi connectivity index (χ3v) is 1.82. The van der Waals surface area contributed by atoms with Gasteiger partial charge in [0.25, 0.3) is 0 Å². The van der Waals surface area contributed by atoms with Crippen LogP contribution in [0.2, 0.25) is 0 Å². The highest BCUT2D eigenvalue weighted by molar-refractivity contribution is 4.66. The van der Waals surface area contributed by atoms with Crippen LogP contribution < -0.4 is 11.5 Å². The second kappa shape index (κ2) is 4.77. The summed E-state index contributed by atoms with van der Waals surface area (Å²) in [6.45, 7) is 5.02. The Balaban J connectivity index is 3.32. The summed E-state index contributed by atoms with van der Waals surface area (Å²) < 4.78 is 0. The number of rotatable bonds is 4. The van der Waals surface area contributed by atoms with E-state index in [9.17, 15) is 0 Å². The Morgan fingerprint density at radius 2 is 2.00 bits per heavy atom. The molecule has 2 nitrogen and oxygen atoms in total. The van der Waals surface area contributed by atoms with Gasteiger partial charge in [0, 0.05) is 6.04 Å². The van der Waals surface area contributed by atoms with E-state index in [2.05, 4.69) is 13.8 Å². The fourth-order valence-electron chi connectivity index (χ4n) is 0.879. The second-order valence-electron chi connectivity index (χ2n) is 2.63. The lowest BCUT2D eigenvalue weighted by Gasteiger charge is -2.16. The van der Waals surface area contributed by atoms with Crippen molar-refractivity contribution in [3.63, 3.8) is 0 Å². The summed E-state index contributed by atoms with van der Waals surface area (Å²) >= 11 is 0. The fourth-order valence-corrected chi connectivity index (χ4v) is 0.879. The molecule has 0 aliphatic carbocycles. The maximum absolute atomic E-state index is 5.75. The zero-order valence-electron chi connectivity index (χ0n) is 6.43. The molecule has 2 unspecified atom stereocenters. The molecule has 0 amide bonds. The fraction of sp³-hybridized carbons (Fsp3) is 1.00. The van der Waals surface area contributed by atoms with Gasteiger partial charge < -0.3 is 11.5 Å². The van der Waals surface area contributed by atoms with E-state index in [1.165, 1.54) is 0 Å². The van der Waals surface area contributed by atoms with E-state index in [0.29, 0.717) is 12.0 Å². The molecular formula is C7H18N2. The topological polar surface area (TPSA) is 52.0 Å². The lowest BCUT2D eigenvalue weighted by atomic mass is 9.97. The first kappa shape index (κ1) is 8.92. The Hall–Kier alpha value is -0.0800. The van der Waals surface area contributed by atoms with Crippen LogP contribution in [0.25, 0.3) is 0 Å². The van der Waals surface area contributed by atoms with Crippen LogP contribution in [-0.4, -0.2) is 12.6 Å². The molecule has 0 aliphatic rings. The molecule has 56 valence electrons. The molecule has 0 bridgehead atoms. The van der Waals surface area contributed by atoms with Crippen molar-refractivity contribution >= 4 is 0 Å². The summed E-state index contributed by atoms with van der Waals surface area (Å²) in [6.07, 6.45) is 2.11. The molecular weight excluding hydrogens is 112 g/mol. The number of nitrogens with two attached hydrogens (primary N) is 2. The van der Waals surface area contributed by atoms with Crippen LogP contribution in [0.1, 0.15) is 26.7 Å². The van der Waals surface area contributed by atoms with Gasteiger partial charge in [-0.2, -0.15) is 0 Å². The molecule has 2 heteroatoms. The quantitative estimate of drug-likeness (QED) is 0.589. The van der Waals surface area contributed by atoms with Crippen LogP contribution in [0, 0.1) is 5.92 Å². The predicted octanol–water partition coefficient (Wildman–Crippen LogP) is 0.709. The van der Waals surface area contributed by atoms with E-state index in [1.54, 1.807) is 0 Å². The summed E-state index contributed by atoms with van der Waals surface area (Å²) in [4.78, 5) is 0. The minimum absolute atomic E-state index is 0.341. The van der Waals surface area contributed by atoms with Gasteiger partial charge in [0.15, 0.2) is 0 Å². The highest BCUT2D eigenvalue weighted by atomic mass is 14.6. The van der Waals surface area contributed by atoms with Crippen molar-refractivity contribution in [1.82, 2.24) is 0 Å². The minimum atomic E-state index is 0.341. The molecule has 4 N–H and O–H groups in total. The summed E-state index contributed by atoms with van der Waals surface area (Å²) in [5.74, 6) is 0.583. The zero-order valence-corrected chi connectivity index (χ0v) is 6.43. The van der Waals surface area contributed by atoms with Gasteiger partial charge in [0.2, 0.25) is 0 Å². The molecule has 0 aliphatic heterocycles. The molecule has 0 aromatic heterocycles. The molecule has 0 radical (unpaired) electrons. The van der Waals surface area contributed by atoms with Gasteiger partial charge in [0.1, 0.15) is 0 Å². The summed E-state index contributed by atoms with van der Waals surface area (Å²) in [7, 11) is 0. The van der Waals surface area contributed by atoms with Crippen molar-refractivity contribution in [3.05, 3.63) is 0 Å². The molecule has 0 saturated carbocycles. The van der Waals surface area contributed by atoms with Gasteiger partial charge in [0.05, 0.1) is 0 Å². The van der Waals surface area contributed by atoms with Gasteiger partial charge >= 0.3 is 0 Å². The van der Waals surface area contributed by atoms with Crippen LogP contribution in [0.3, 0.4) is 0 Å². The van der Waals surface area contributed by atoms with E-state index in [1.807, 2.05) is 0 Å².